The second-order valence-electron chi connectivity index (χ2n) is 5.63. The first kappa shape index (κ1) is 14.9. The monoisotopic (exact) mass is 304 g/mol. The molecule has 1 aliphatic rings. The van der Waals surface area contributed by atoms with Crippen LogP contribution >= 0.6 is 11.6 Å². The summed E-state index contributed by atoms with van der Waals surface area (Å²) in [6.45, 7) is 6.80. The predicted molar refractivity (Wildman–Crippen MR) is 76.6 cm³/mol. The minimum absolute atomic E-state index is 0.0375. The van der Waals surface area contributed by atoms with Gasteiger partial charge < -0.3 is 4.98 Å². The number of aromatic amines is 1. The van der Waals surface area contributed by atoms with E-state index < -0.39 is 10.0 Å². The number of nitrogens with zero attached hydrogens (tertiary/aromatic N) is 1. The third-order valence-electron chi connectivity index (χ3n) is 4.01. The van der Waals surface area contributed by atoms with Crippen molar-refractivity contribution in [2.75, 3.05) is 6.54 Å². The van der Waals surface area contributed by atoms with Crippen LogP contribution in [0.1, 0.15) is 32.9 Å². The first-order valence-electron chi connectivity index (χ1n) is 6.61. The fraction of sp³-hybridized carbons (Fsp3) is 0.692. The molecule has 0 amide bonds. The number of rotatable bonds is 3. The van der Waals surface area contributed by atoms with Crippen molar-refractivity contribution < 1.29 is 8.42 Å². The fourth-order valence-electron chi connectivity index (χ4n) is 2.76. The van der Waals surface area contributed by atoms with Crippen LogP contribution in [0.2, 0.25) is 0 Å². The number of hydrogen-bond donors (Lipinski definition) is 1. The molecule has 1 saturated heterocycles. The van der Waals surface area contributed by atoms with Crippen LogP contribution in [0.4, 0.5) is 0 Å². The van der Waals surface area contributed by atoms with Gasteiger partial charge in [0.15, 0.2) is 0 Å². The van der Waals surface area contributed by atoms with E-state index in [2.05, 4.69) is 18.8 Å². The van der Waals surface area contributed by atoms with Gasteiger partial charge in [0, 0.05) is 24.5 Å². The number of sulfonamides is 1. The second-order valence-corrected chi connectivity index (χ2v) is 7.79. The topological polar surface area (TPSA) is 53.2 Å². The second kappa shape index (κ2) is 5.46. The van der Waals surface area contributed by atoms with Crippen molar-refractivity contribution in [1.82, 2.24) is 9.29 Å². The summed E-state index contributed by atoms with van der Waals surface area (Å²) >= 11 is 5.71. The lowest BCUT2D eigenvalue weighted by molar-refractivity contribution is 0.157. The summed E-state index contributed by atoms with van der Waals surface area (Å²) in [5.41, 5.74) is 0.728. The highest BCUT2D eigenvalue weighted by Gasteiger charge is 2.37. The predicted octanol–water partition coefficient (Wildman–Crippen LogP) is 2.81. The molecule has 0 aromatic carbocycles. The van der Waals surface area contributed by atoms with Crippen molar-refractivity contribution in [2.45, 2.75) is 44.0 Å². The lowest BCUT2D eigenvalue weighted by Crippen LogP contribution is -2.48. The van der Waals surface area contributed by atoms with Crippen molar-refractivity contribution in [3.05, 3.63) is 18.0 Å². The zero-order valence-corrected chi connectivity index (χ0v) is 13.1. The summed E-state index contributed by atoms with van der Waals surface area (Å²) < 4.78 is 27.0. The van der Waals surface area contributed by atoms with E-state index in [1.54, 1.807) is 10.4 Å². The average Bonchev–Trinajstić information content (AvgIpc) is 2.83. The summed E-state index contributed by atoms with van der Waals surface area (Å²) in [5.74, 6) is 1.06. The van der Waals surface area contributed by atoms with Gasteiger partial charge in [-0.15, -0.1) is 11.6 Å². The first-order chi connectivity index (χ1) is 8.86. The molecule has 2 rings (SSSR count). The number of alkyl halides is 1. The van der Waals surface area contributed by atoms with E-state index in [-0.39, 0.29) is 11.9 Å². The normalized spacial score (nSPS) is 29.6. The van der Waals surface area contributed by atoms with Crippen molar-refractivity contribution in [3.8, 4) is 0 Å². The Labute approximate surface area is 120 Å². The average molecular weight is 305 g/mol. The van der Waals surface area contributed by atoms with Crippen LogP contribution in [0.25, 0.3) is 0 Å². The van der Waals surface area contributed by atoms with Gasteiger partial charge in [-0.3, -0.25) is 0 Å². The largest absolute Gasteiger partial charge is 0.363 e. The van der Waals surface area contributed by atoms with E-state index in [4.69, 9.17) is 11.6 Å². The quantitative estimate of drug-likeness (QED) is 0.873. The smallest absolute Gasteiger partial charge is 0.244 e. The molecule has 3 atom stereocenters. The first-order valence-corrected chi connectivity index (χ1v) is 8.58. The highest BCUT2D eigenvalue weighted by molar-refractivity contribution is 7.89. The van der Waals surface area contributed by atoms with Gasteiger partial charge >= 0.3 is 0 Å². The molecule has 3 unspecified atom stereocenters. The van der Waals surface area contributed by atoms with Crippen molar-refractivity contribution in [3.63, 3.8) is 0 Å². The van der Waals surface area contributed by atoms with Gasteiger partial charge in [-0.2, -0.15) is 4.31 Å². The summed E-state index contributed by atoms with van der Waals surface area (Å²) in [7, 11) is -3.42. The van der Waals surface area contributed by atoms with Crippen molar-refractivity contribution >= 4 is 21.6 Å². The molecular weight excluding hydrogens is 284 g/mol. The Kier molecular flexibility index (Phi) is 4.28. The number of halogens is 1. The fourth-order valence-corrected chi connectivity index (χ4v) is 4.78. The van der Waals surface area contributed by atoms with E-state index in [1.807, 2.05) is 6.92 Å². The van der Waals surface area contributed by atoms with Crippen LogP contribution in [0, 0.1) is 11.8 Å². The molecule has 0 radical (unpaired) electrons. The highest BCUT2D eigenvalue weighted by atomic mass is 35.5. The van der Waals surface area contributed by atoms with Crippen LogP contribution in [-0.4, -0.2) is 30.3 Å². The molecule has 1 fully saturated rings. The van der Waals surface area contributed by atoms with Crippen LogP contribution in [0.3, 0.4) is 0 Å². The molecule has 1 aliphatic heterocycles. The Morgan fingerprint density at radius 3 is 2.68 bits per heavy atom. The van der Waals surface area contributed by atoms with Gasteiger partial charge in [-0.1, -0.05) is 13.8 Å². The standard InChI is InChI=1S/C13H21ClN2O2S/c1-9-4-10(2)11(3)16(8-9)19(17,18)13-5-12(6-14)15-7-13/h5,7,9-11,15H,4,6,8H2,1-3H3. The van der Waals surface area contributed by atoms with Gasteiger partial charge in [0.2, 0.25) is 10.0 Å². The molecular formula is C13H21ClN2O2S. The van der Waals surface area contributed by atoms with Crippen LogP contribution < -0.4 is 0 Å². The third kappa shape index (κ3) is 2.83. The van der Waals surface area contributed by atoms with Crippen LogP contribution in [0.5, 0.6) is 0 Å². The summed E-state index contributed by atoms with van der Waals surface area (Å²) in [6.07, 6.45) is 2.61. The molecule has 0 saturated carbocycles. The Morgan fingerprint density at radius 2 is 2.11 bits per heavy atom. The summed E-state index contributed by atoms with van der Waals surface area (Å²) in [4.78, 5) is 3.22. The molecule has 1 N–H and O–H groups in total. The van der Waals surface area contributed by atoms with Gasteiger partial charge in [-0.25, -0.2) is 8.42 Å². The maximum atomic E-state index is 12.7. The summed E-state index contributed by atoms with van der Waals surface area (Å²) in [5, 5.41) is 0. The molecule has 1 aromatic rings. The number of aromatic nitrogens is 1. The maximum absolute atomic E-state index is 12.7. The van der Waals surface area contributed by atoms with Crippen LogP contribution in [-0.2, 0) is 15.9 Å². The minimum Gasteiger partial charge on any atom is -0.363 e. The number of piperidine rings is 1. The highest BCUT2D eigenvalue weighted by Crippen LogP contribution is 2.31. The number of nitrogens with one attached hydrogen (secondary N) is 1. The van der Waals surface area contributed by atoms with E-state index in [0.717, 1.165) is 12.1 Å². The van der Waals surface area contributed by atoms with Gasteiger partial charge in [0.05, 0.1) is 10.8 Å². The van der Waals surface area contributed by atoms with Gasteiger partial charge in [0.1, 0.15) is 0 Å². The molecule has 19 heavy (non-hydrogen) atoms. The number of H-pyrrole nitrogens is 1. The van der Waals surface area contributed by atoms with Crippen molar-refractivity contribution in [2.24, 2.45) is 11.8 Å². The van der Waals surface area contributed by atoms with Crippen LogP contribution in [0.15, 0.2) is 17.2 Å². The molecule has 108 valence electrons. The lowest BCUT2D eigenvalue weighted by Gasteiger charge is -2.39. The van der Waals surface area contributed by atoms with Gasteiger partial charge in [-0.05, 0) is 31.2 Å². The minimum atomic E-state index is -3.42. The number of hydrogen-bond acceptors (Lipinski definition) is 2. The lowest BCUT2D eigenvalue weighted by atomic mass is 9.88. The Hall–Kier alpha value is -0.520. The van der Waals surface area contributed by atoms with Gasteiger partial charge in [0.25, 0.3) is 0 Å². The van der Waals surface area contributed by atoms with Crippen molar-refractivity contribution in [1.29, 1.82) is 0 Å². The van der Waals surface area contributed by atoms with E-state index in [1.165, 1.54) is 6.20 Å². The van der Waals surface area contributed by atoms with E-state index >= 15 is 0 Å². The molecule has 4 nitrogen and oxygen atoms in total. The Morgan fingerprint density at radius 1 is 1.42 bits per heavy atom. The molecule has 0 aliphatic carbocycles. The maximum Gasteiger partial charge on any atom is 0.244 e. The third-order valence-corrected chi connectivity index (χ3v) is 6.23. The zero-order chi connectivity index (χ0) is 14.2. The zero-order valence-electron chi connectivity index (χ0n) is 11.6. The molecule has 6 heteroatoms. The molecule has 2 heterocycles. The summed E-state index contributed by atoms with van der Waals surface area (Å²) in [6, 6.07) is 1.66. The van der Waals surface area contributed by atoms with E-state index in [9.17, 15) is 8.42 Å². The molecule has 0 bridgehead atoms. The molecule has 1 aromatic heterocycles. The van der Waals surface area contributed by atoms with E-state index in [0.29, 0.717) is 23.3 Å². The molecule has 0 spiro atoms. The SMILES string of the molecule is CC1CC(C)C(C)N(S(=O)(=O)c2c[nH]c(CCl)c2)C1. The Balaban J connectivity index is 2.32. The Bertz CT molecular complexity index is 541.